The lowest BCUT2D eigenvalue weighted by molar-refractivity contribution is -0.338. The standard InChI is InChI=1S/C24H37ClO11/c1-6-10-15(26)31-19-20(32-16(27)11-7-2)23(34-18(29)13-25)36-24(35-22(30)14(5)9-4)21(19)33-17(28)12-8-3/h14,19-21,23-24H,6-13H2,1-5H3/t14?,19-,20-,21-,23?,24+/m1/s1. The van der Waals surface area contributed by atoms with Crippen molar-refractivity contribution < 1.29 is 52.4 Å². The van der Waals surface area contributed by atoms with Crippen molar-refractivity contribution in [2.24, 2.45) is 5.92 Å². The first-order chi connectivity index (χ1) is 17.1. The van der Waals surface area contributed by atoms with Crippen molar-refractivity contribution in [1.82, 2.24) is 0 Å². The molecule has 12 heteroatoms. The topological polar surface area (TPSA) is 141 Å². The molecule has 2 unspecified atom stereocenters. The smallest absolute Gasteiger partial charge is 0.323 e. The molecule has 1 fully saturated rings. The van der Waals surface area contributed by atoms with Gasteiger partial charge in [0.15, 0.2) is 6.10 Å². The van der Waals surface area contributed by atoms with Crippen LogP contribution in [0.3, 0.4) is 0 Å². The number of carbonyl (C=O) groups is 5. The molecular formula is C24H37ClO11. The minimum atomic E-state index is -1.66. The first-order valence-electron chi connectivity index (χ1n) is 12.3. The summed E-state index contributed by atoms with van der Waals surface area (Å²) in [6.07, 6.45) is -5.97. The van der Waals surface area contributed by atoms with Crippen molar-refractivity contribution in [3.63, 3.8) is 0 Å². The Labute approximate surface area is 216 Å². The molecule has 11 nitrogen and oxygen atoms in total. The normalized spacial score (nSPS) is 24.2. The van der Waals surface area contributed by atoms with Crippen LogP contribution in [-0.4, -0.2) is 66.6 Å². The first-order valence-corrected chi connectivity index (χ1v) is 12.8. The molecule has 6 atom stereocenters. The highest BCUT2D eigenvalue weighted by atomic mass is 35.5. The van der Waals surface area contributed by atoms with Crippen LogP contribution in [0.4, 0.5) is 0 Å². The summed E-state index contributed by atoms with van der Waals surface area (Å²) >= 11 is 5.57. The molecule has 1 saturated heterocycles. The SMILES string of the molecule is CCCC(=O)O[C@H]1[C@@H](OC(=O)C(C)CC)OC(OC(=O)CCl)[C@H](OC(=O)CCC)[C@H]1OC(=O)CCC. The van der Waals surface area contributed by atoms with Crippen LogP contribution in [0.5, 0.6) is 0 Å². The zero-order valence-corrected chi connectivity index (χ0v) is 22.2. The molecule has 1 rings (SSSR count). The maximum Gasteiger partial charge on any atom is 0.323 e. The second kappa shape index (κ2) is 16.4. The fourth-order valence-corrected chi connectivity index (χ4v) is 3.22. The van der Waals surface area contributed by atoms with E-state index in [1.807, 2.05) is 0 Å². The van der Waals surface area contributed by atoms with Crippen LogP contribution >= 0.6 is 11.6 Å². The van der Waals surface area contributed by atoms with Crippen molar-refractivity contribution in [1.29, 1.82) is 0 Å². The molecular weight excluding hydrogens is 500 g/mol. The fraction of sp³-hybridized carbons (Fsp3) is 0.792. The van der Waals surface area contributed by atoms with Gasteiger partial charge in [-0.05, 0) is 25.7 Å². The first kappa shape index (κ1) is 31.6. The van der Waals surface area contributed by atoms with E-state index in [1.165, 1.54) is 0 Å². The monoisotopic (exact) mass is 536 g/mol. The van der Waals surface area contributed by atoms with E-state index >= 15 is 0 Å². The average molecular weight is 537 g/mol. The molecule has 0 aromatic rings. The number of carbonyl (C=O) groups excluding carboxylic acids is 5. The predicted octanol–water partition coefficient (Wildman–Crippen LogP) is 3.18. The number of rotatable bonds is 14. The molecule has 0 aliphatic carbocycles. The van der Waals surface area contributed by atoms with E-state index in [9.17, 15) is 24.0 Å². The van der Waals surface area contributed by atoms with Gasteiger partial charge in [-0.1, -0.05) is 34.6 Å². The Balaban J connectivity index is 3.52. The third kappa shape index (κ3) is 9.93. The van der Waals surface area contributed by atoms with Crippen LogP contribution in [0.15, 0.2) is 0 Å². The van der Waals surface area contributed by atoms with Crippen molar-refractivity contribution in [2.45, 2.75) is 110 Å². The molecule has 206 valence electrons. The number of hydrogen-bond acceptors (Lipinski definition) is 11. The maximum atomic E-state index is 12.6. The number of alkyl halides is 1. The Kier molecular flexibility index (Phi) is 14.4. The van der Waals surface area contributed by atoms with Gasteiger partial charge in [-0.2, -0.15) is 0 Å². The highest BCUT2D eigenvalue weighted by Gasteiger charge is 2.55. The van der Waals surface area contributed by atoms with Crippen LogP contribution in [0, 0.1) is 5.92 Å². The van der Waals surface area contributed by atoms with Gasteiger partial charge >= 0.3 is 29.8 Å². The Morgan fingerprint density at radius 2 is 1.08 bits per heavy atom. The molecule has 1 aliphatic heterocycles. The maximum absolute atomic E-state index is 12.6. The molecule has 0 bridgehead atoms. The van der Waals surface area contributed by atoms with E-state index < -0.39 is 72.5 Å². The lowest BCUT2D eigenvalue weighted by atomic mass is 10.0. The van der Waals surface area contributed by atoms with E-state index in [1.54, 1.807) is 34.6 Å². The van der Waals surface area contributed by atoms with Gasteiger partial charge in [0.2, 0.25) is 24.8 Å². The van der Waals surface area contributed by atoms with E-state index in [0.717, 1.165) is 0 Å². The van der Waals surface area contributed by atoms with Gasteiger partial charge in [-0.25, -0.2) is 0 Å². The summed E-state index contributed by atoms with van der Waals surface area (Å²) in [7, 11) is 0. The van der Waals surface area contributed by atoms with Gasteiger partial charge < -0.3 is 23.7 Å². The quantitative estimate of drug-likeness (QED) is 0.183. The van der Waals surface area contributed by atoms with Gasteiger partial charge in [0.1, 0.15) is 5.88 Å². The second-order valence-electron chi connectivity index (χ2n) is 8.36. The van der Waals surface area contributed by atoms with Gasteiger partial charge in [0, 0.05) is 19.3 Å². The third-order valence-electron chi connectivity index (χ3n) is 5.22. The van der Waals surface area contributed by atoms with E-state index in [2.05, 4.69) is 0 Å². The van der Waals surface area contributed by atoms with E-state index in [4.69, 9.17) is 40.0 Å². The van der Waals surface area contributed by atoms with Crippen molar-refractivity contribution in [3.05, 3.63) is 0 Å². The zero-order chi connectivity index (χ0) is 27.3. The molecule has 0 spiro atoms. The van der Waals surface area contributed by atoms with Crippen molar-refractivity contribution >= 4 is 41.4 Å². The number of ether oxygens (including phenoxy) is 6. The summed E-state index contributed by atoms with van der Waals surface area (Å²) in [4.78, 5) is 62.0. The molecule has 1 aliphatic rings. The lowest BCUT2D eigenvalue weighted by Gasteiger charge is -2.43. The largest absolute Gasteiger partial charge is 0.454 e. The molecule has 0 saturated carbocycles. The number of halogens is 1. The van der Waals surface area contributed by atoms with E-state index in [0.29, 0.717) is 25.7 Å². The molecule has 0 radical (unpaired) electrons. The fourth-order valence-electron chi connectivity index (χ4n) is 3.16. The third-order valence-corrected chi connectivity index (χ3v) is 5.44. The Morgan fingerprint density at radius 3 is 1.47 bits per heavy atom. The van der Waals surface area contributed by atoms with E-state index in [-0.39, 0.29) is 19.3 Å². The Bertz CT molecular complexity index is 756. The second-order valence-corrected chi connectivity index (χ2v) is 8.62. The van der Waals surface area contributed by atoms with Crippen LogP contribution < -0.4 is 0 Å². The highest BCUT2D eigenvalue weighted by Crippen LogP contribution is 2.31. The van der Waals surface area contributed by atoms with Gasteiger partial charge in [0.25, 0.3) is 0 Å². The molecule has 0 N–H and O–H groups in total. The number of hydrogen-bond donors (Lipinski definition) is 0. The molecule has 0 aromatic carbocycles. The predicted molar refractivity (Wildman–Crippen MR) is 125 cm³/mol. The lowest BCUT2D eigenvalue weighted by Crippen LogP contribution is -2.63. The average Bonchev–Trinajstić information content (AvgIpc) is 2.83. The highest BCUT2D eigenvalue weighted by molar-refractivity contribution is 6.26. The van der Waals surface area contributed by atoms with Gasteiger partial charge in [-0.15, -0.1) is 11.6 Å². The summed E-state index contributed by atoms with van der Waals surface area (Å²) in [6.45, 7) is 8.67. The molecule has 36 heavy (non-hydrogen) atoms. The van der Waals surface area contributed by atoms with Gasteiger partial charge in [0.05, 0.1) is 5.92 Å². The summed E-state index contributed by atoms with van der Waals surface area (Å²) in [5.74, 6) is -4.75. The van der Waals surface area contributed by atoms with Gasteiger partial charge in [-0.3, -0.25) is 28.7 Å². The Morgan fingerprint density at radius 1 is 0.667 bits per heavy atom. The van der Waals surface area contributed by atoms with Crippen LogP contribution in [-0.2, 0) is 52.4 Å². The van der Waals surface area contributed by atoms with Crippen molar-refractivity contribution in [2.75, 3.05) is 5.88 Å². The Hall–Kier alpha value is -2.40. The summed E-state index contributed by atoms with van der Waals surface area (Å²) < 4.78 is 32.9. The minimum absolute atomic E-state index is 0.00602. The van der Waals surface area contributed by atoms with Crippen LogP contribution in [0.2, 0.25) is 0 Å². The van der Waals surface area contributed by atoms with Crippen LogP contribution in [0.1, 0.15) is 79.6 Å². The summed E-state index contributed by atoms with van der Waals surface area (Å²) in [6, 6.07) is 0. The summed E-state index contributed by atoms with van der Waals surface area (Å²) in [5.41, 5.74) is 0. The molecule has 1 heterocycles. The minimum Gasteiger partial charge on any atom is -0.454 e. The van der Waals surface area contributed by atoms with Crippen molar-refractivity contribution in [3.8, 4) is 0 Å². The zero-order valence-electron chi connectivity index (χ0n) is 21.5. The van der Waals surface area contributed by atoms with Crippen LogP contribution in [0.25, 0.3) is 0 Å². The summed E-state index contributed by atoms with van der Waals surface area (Å²) in [5, 5.41) is 0. The molecule has 0 aromatic heterocycles. The number of esters is 5. The molecule has 0 amide bonds.